The van der Waals surface area contributed by atoms with E-state index in [1.165, 1.54) is 12.1 Å². The van der Waals surface area contributed by atoms with Crippen molar-refractivity contribution in [2.75, 3.05) is 5.32 Å². The van der Waals surface area contributed by atoms with E-state index in [1.54, 1.807) is 6.07 Å². The maximum Gasteiger partial charge on any atom is 0.337 e. The van der Waals surface area contributed by atoms with Gasteiger partial charge in [-0.1, -0.05) is 36.7 Å². The molecule has 1 amide bonds. The molecule has 6 heteroatoms. The van der Waals surface area contributed by atoms with Crippen LogP contribution in [0.15, 0.2) is 22.7 Å². The molecule has 0 aliphatic rings. The van der Waals surface area contributed by atoms with Crippen LogP contribution < -0.4 is 11.1 Å². The minimum absolute atomic E-state index is 0.0174. The van der Waals surface area contributed by atoms with Crippen LogP contribution in [0.2, 0.25) is 0 Å². The molecule has 5 nitrogen and oxygen atoms in total. The highest BCUT2D eigenvalue weighted by atomic mass is 79.9. The molecule has 0 saturated carbocycles. The molecule has 0 aliphatic heterocycles. The second-order valence-corrected chi connectivity index (χ2v) is 6.24. The Morgan fingerprint density at radius 1 is 1.37 bits per heavy atom. The summed E-state index contributed by atoms with van der Waals surface area (Å²) in [5, 5.41) is 11.7. The molecule has 0 unspecified atom stereocenters. The summed E-state index contributed by atoms with van der Waals surface area (Å²) in [6.07, 6.45) is 0. The van der Waals surface area contributed by atoms with Gasteiger partial charge < -0.3 is 16.2 Å². The summed E-state index contributed by atoms with van der Waals surface area (Å²) < 4.78 is 0.628. The number of halogens is 1. The first-order chi connectivity index (χ1) is 8.62. The quantitative estimate of drug-likeness (QED) is 0.794. The molecule has 104 valence electrons. The zero-order valence-corrected chi connectivity index (χ0v) is 12.6. The van der Waals surface area contributed by atoms with Crippen LogP contribution in [-0.2, 0) is 4.79 Å². The van der Waals surface area contributed by atoms with Gasteiger partial charge in [0.15, 0.2) is 0 Å². The van der Waals surface area contributed by atoms with Gasteiger partial charge >= 0.3 is 5.97 Å². The number of carbonyl (C=O) groups excluding carboxylic acids is 1. The number of carbonyl (C=O) groups is 2. The minimum Gasteiger partial charge on any atom is -0.478 e. The lowest BCUT2D eigenvalue weighted by Gasteiger charge is -2.26. The molecular weight excluding hydrogens is 312 g/mol. The molecule has 0 spiro atoms. The van der Waals surface area contributed by atoms with Gasteiger partial charge in [0.1, 0.15) is 0 Å². The number of nitrogens with one attached hydrogen (secondary N) is 1. The van der Waals surface area contributed by atoms with Crippen LogP contribution in [0.1, 0.15) is 31.1 Å². The molecule has 0 bridgehead atoms. The van der Waals surface area contributed by atoms with Gasteiger partial charge in [0, 0.05) is 4.47 Å². The number of nitrogens with two attached hydrogens (primary N) is 1. The summed E-state index contributed by atoms with van der Waals surface area (Å²) >= 11 is 3.19. The van der Waals surface area contributed by atoms with Crippen molar-refractivity contribution in [3.05, 3.63) is 28.2 Å². The molecule has 1 aromatic rings. The molecule has 0 aliphatic carbocycles. The zero-order valence-electron chi connectivity index (χ0n) is 11.0. The number of rotatable bonds is 3. The number of hydrogen-bond donors (Lipinski definition) is 3. The van der Waals surface area contributed by atoms with E-state index in [2.05, 4.69) is 21.2 Å². The van der Waals surface area contributed by atoms with Crippen molar-refractivity contribution in [2.24, 2.45) is 11.1 Å². The molecule has 0 fully saturated rings. The van der Waals surface area contributed by atoms with Gasteiger partial charge in [-0.2, -0.15) is 0 Å². The van der Waals surface area contributed by atoms with Gasteiger partial charge in [-0.3, -0.25) is 4.79 Å². The van der Waals surface area contributed by atoms with Crippen LogP contribution in [0.5, 0.6) is 0 Å². The summed E-state index contributed by atoms with van der Waals surface area (Å²) in [5.74, 6) is -1.52. The van der Waals surface area contributed by atoms with Crippen molar-refractivity contribution < 1.29 is 14.7 Å². The summed E-state index contributed by atoms with van der Waals surface area (Å²) in [6, 6.07) is 3.89. The van der Waals surface area contributed by atoms with Gasteiger partial charge in [0.2, 0.25) is 5.91 Å². The summed E-state index contributed by atoms with van der Waals surface area (Å²) in [6.45, 7) is 5.53. The monoisotopic (exact) mass is 328 g/mol. The maximum absolute atomic E-state index is 12.0. The first-order valence-electron chi connectivity index (χ1n) is 5.72. The lowest BCUT2D eigenvalue weighted by molar-refractivity contribution is -0.119. The van der Waals surface area contributed by atoms with Gasteiger partial charge in [-0.15, -0.1) is 0 Å². The lowest BCUT2D eigenvalue weighted by Crippen LogP contribution is -2.45. The third-order valence-electron chi connectivity index (χ3n) is 2.69. The Balaban J connectivity index is 3.00. The van der Waals surface area contributed by atoms with Crippen molar-refractivity contribution >= 4 is 33.5 Å². The van der Waals surface area contributed by atoms with E-state index in [0.717, 1.165) is 0 Å². The van der Waals surface area contributed by atoms with Crippen LogP contribution in [0, 0.1) is 5.41 Å². The van der Waals surface area contributed by atoms with Crippen LogP contribution in [-0.4, -0.2) is 23.0 Å². The lowest BCUT2D eigenvalue weighted by atomic mass is 9.87. The molecule has 4 N–H and O–H groups in total. The van der Waals surface area contributed by atoms with E-state index in [4.69, 9.17) is 10.8 Å². The summed E-state index contributed by atoms with van der Waals surface area (Å²) in [5.41, 5.74) is 5.68. The molecule has 1 rings (SSSR count). The number of hydrogen-bond acceptors (Lipinski definition) is 3. The molecule has 1 atom stereocenters. The van der Waals surface area contributed by atoms with Crippen molar-refractivity contribution in [1.82, 2.24) is 0 Å². The van der Waals surface area contributed by atoms with E-state index >= 15 is 0 Å². The predicted molar refractivity (Wildman–Crippen MR) is 77.2 cm³/mol. The number of anilines is 1. The number of amides is 1. The Hall–Kier alpha value is -1.40. The van der Waals surface area contributed by atoms with Crippen LogP contribution in [0.4, 0.5) is 5.69 Å². The highest BCUT2D eigenvalue weighted by Crippen LogP contribution is 2.23. The second kappa shape index (κ2) is 5.71. The number of carboxylic acids is 1. The number of carboxylic acid groups (broad SMARTS) is 1. The van der Waals surface area contributed by atoms with Gasteiger partial charge in [0.05, 0.1) is 17.3 Å². The van der Waals surface area contributed by atoms with Gasteiger partial charge in [-0.25, -0.2) is 4.79 Å². The highest BCUT2D eigenvalue weighted by molar-refractivity contribution is 9.10. The largest absolute Gasteiger partial charge is 0.478 e. The van der Waals surface area contributed by atoms with E-state index in [1.807, 2.05) is 20.8 Å². The van der Waals surface area contributed by atoms with Crippen LogP contribution in [0.3, 0.4) is 0 Å². The number of benzene rings is 1. The topological polar surface area (TPSA) is 92.4 Å². The first kappa shape index (κ1) is 15.7. The Morgan fingerprint density at radius 2 is 1.95 bits per heavy atom. The maximum atomic E-state index is 12.0. The molecule has 0 aromatic heterocycles. The average molecular weight is 329 g/mol. The Kier molecular flexibility index (Phi) is 4.70. The van der Waals surface area contributed by atoms with Crippen molar-refractivity contribution in [3.8, 4) is 0 Å². The fourth-order valence-electron chi connectivity index (χ4n) is 1.41. The SMILES string of the molecule is CC(C)(C)[C@@H](N)C(=O)Nc1ccc(Br)cc1C(=O)O. The Labute approximate surface area is 120 Å². The standard InChI is InChI=1S/C13H17BrN2O3/c1-13(2,3)10(15)11(17)16-9-5-4-7(14)6-8(9)12(18)19/h4-6,10H,15H2,1-3H3,(H,16,17)(H,18,19)/t10-/m0/s1. The molecule has 0 heterocycles. The van der Waals surface area contributed by atoms with Crippen molar-refractivity contribution in [2.45, 2.75) is 26.8 Å². The smallest absolute Gasteiger partial charge is 0.337 e. The predicted octanol–water partition coefficient (Wildman–Crippen LogP) is 2.46. The number of aromatic carboxylic acids is 1. The van der Waals surface area contributed by atoms with Gasteiger partial charge in [0.25, 0.3) is 0 Å². The van der Waals surface area contributed by atoms with E-state index < -0.39 is 23.3 Å². The fraction of sp³-hybridized carbons (Fsp3) is 0.385. The molecular formula is C13H17BrN2O3. The highest BCUT2D eigenvalue weighted by Gasteiger charge is 2.28. The first-order valence-corrected chi connectivity index (χ1v) is 6.51. The molecule has 1 aromatic carbocycles. The molecule has 0 radical (unpaired) electrons. The van der Waals surface area contributed by atoms with Crippen molar-refractivity contribution in [1.29, 1.82) is 0 Å². The average Bonchev–Trinajstić information content (AvgIpc) is 2.28. The molecule has 19 heavy (non-hydrogen) atoms. The summed E-state index contributed by atoms with van der Waals surface area (Å²) in [7, 11) is 0. The molecule has 0 saturated heterocycles. The normalized spacial score (nSPS) is 12.9. The van der Waals surface area contributed by atoms with E-state index in [-0.39, 0.29) is 11.3 Å². The van der Waals surface area contributed by atoms with Crippen LogP contribution in [0.25, 0.3) is 0 Å². The van der Waals surface area contributed by atoms with E-state index in [0.29, 0.717) is 4.47 Å². The minimum atomic E-state index is -1.11. The van der Waals surface area contributed by atoms with Crippen molar-refractivity contribution in [3.63, 3.8) is 0 Å². The van der Waals surface area contributed by atoms with E-state index in [9.17, 15) is 9.59 Å². The second-order valence-electron chi connectivity index (χ2n) is 5.33. The Bertz CT molecular complexity index is 509. The summed E-state index contributed by atoms with van der Waals surface area (Å²) in [4.78, 5) is 23.1. The fourth-order valence-corrected chi connectivity index (χ4v) is 1.77. The third-order valence-corrected chi connectivity index (χ3v) is 3.18. The Morgan fingerprint density at radius 3 is 2.42 bits per heavy atom. The van der Waals surface area contributed by atoms with Crippen LogP contribution >= 0.6 is 15.9 Å². The third kappa shape index (κ3) is 4.04. The van der Waals surface area contributed by atoms with Gasteiger partial charge in [-0.05, 0) is 23.6 Å². The zero-order chi connectivity index (χ0) is 14.8.